The highest BCUT2D eigenvalue weighted by Gasteiger charge is 2.28. The summed E-state index contributed by atoms with van der Waals surface area (Å²) in [4.78, 5) is 23.4. The lowest BCUT2D eigenvalue weighted by atomic mass is 10.0. The van der Waals surface area contributed by atoms with Gasteiger partial charge in [0.05, 0.1) is 39.9 Å². The molecule has 0 heterocycles. The smallest absolute Gasteiger partial charge is 0.387 e. The summed E-state index contributed by atoms with van der Waals surface area (Å²) in [6.45, 7) is 4.74. The fourth-order valence-electron chi connectivity index (χ4n) is 10.5. The molecule has 0 saturated carbocycles. The Morgan fingerprint density at radius 3 is 1.07 bits per heavy atom. The maximum atomic E-state index is 13.0. The number of carbonyl (C=O) groups excluding carboxylic acids is 1. The SMILES string of the molecule is CC/C=C\C/C=C\C/C=C\C/C=C\C/C=C\CCCCCCCCCCCCCCCCCCCCCCCCCCCC(=O)NC(COP(=O)(O)OCC[N+](C)(C)C)C(O)/C=C/CCCCCCCCCCCCCCCCCCC. The van der Waals surface area contributed by atoms with E-state index in [-0.39, 0.29) is 19.1 Å². The van der Waals surface area contributed by atoms with Gasteiger partial charge in [-0.25, -0.2) is 4.57 Å². The van der Waals surface area contributed by atoms with Gasteiger partial charge in [-0.1, -0.05) is 337 Å². The maximum absolute atomic E-state index is 13.0. The number of amides is 1. The van der Waals surface area contributed by atoms with E-state index >= 15 is 0 Å². The number of aliphatic hydroxyl groups excluding tert-OH is 1. The summed E-state index contributed by atoms with van der Waals surface area (Å²) in [7, 11) is 1.58. The molecule has 82 heavy (non-hydrogen) atoms. The fourth-order valence-corrected chi connectivity index (χ4v) is 11.2. The first kappa shape index (κ1) is 79.9. The number of phosphoric ester groups is 1. The van der Waals surface area contributed by atoms with Crippen molar-refractivity contribution < 1.29 is 32.9 Å². The minimum Gasteiger partial charge on any atom is -0.387 e. The first-order valence-corrected chi connectivity index (χ1v) is 36.8. The number of phosphoric acid groups is 1. The molecular formula is C73H138N2O6P+. The van der Waals surface area contributed by atoms with E-state index in [1.165, 1.54) is 244 Å². The summed E-state index contributed by atoms with van der Waals surface area (Å²) in [5.41, 5.74) is 0. The van der Waals surface area contributed by atoms with E-state index in [9.17, 15) is 19.4 Å². The Bertz CT molecular complexity index is 1570. The van der Waals surface area contributed by atoms with Gasteiger partial charge in [0.2, 0.25) is 5.91 Å². The van der Waals surface area contributed by atoms with Crippen molar-refractivity contribution in [1.82, 2.24) is 5.32 Å². The largest absolute Gasteiger partial charge is 0.472 e. The first-order valence-electron chi connectivity index (χ1n) is 35.3. The topological polar surface area (TPSA) is 105 Å². The molecule has 0 aromatic heterocycles. The quantitative estimate of drug-likeness (QED) is 0.0243. The number of rotatable bonds is 65. The van der Waals surface area contributed by atoms with Gasteiger partial charge >= 0.3 is 7.82 Å². The van der Waals surface area contributed by atoms with Crippen molar-refractivity contribution >= 4 is 13.7 Å². The molecule has 0 spiro atoms. The molecule has 0 aromatic carbocycles. The van der Waals surface area contributed by atoms with Crippen LogP contribution in [0.3, 0.4) is 0 Å². The fraction of sp³-hybridized carbons (Fsp3) is 0.822. The van der Waals surface area contributed by atoms with Gasteiger partial charge in [-0.2, -0.15) is 0 Å². The van der Waals surface area contributed by atoms with Crippen molar-refractivity contribution in [3.63, 3.8) is 0 Å². The van der Waals surface area contributed by atoms with E-state index in [2.05, 4.69) is 79.9 Å². The molecule has 0 fully saturated rings. The predicted octanol–water partition coefficient (Wildman–Crippen LogP) is 22.6. The van der Waals surface area contributed by atoms with Gasteiger partial charge in [-0.3, -0.25) is 13.8 Å². The van der Waals surface area contributed by atoms with E-state index in [1.807, 2.05) is 27.2 Å². The predicted molar refractivity (Wildman–Crippen MR) is 360 cm³/mol. The van der Waals surface area contributed by atoms with Gasteiger partial charge in [-0.15, -0.1) is 0 Å². The molecule has 0 aromatic rings. The zero-order chi connectivity index (χ0) is 59.8. The number of likely N-dealkylation sites (N-methyl/N-ethyl adjacent to an activating group) is 1. The van der Waals surface area contributed by atoms with Crippen molar-refractivity contribution in [3.05, 3.63) is 72.9 Å². The monoisotopic (exact) mass is 1170 g/mol. The number of hydrogen-bond acceptors (Lipinski definition) is 5. The van der Waals surface area contributed by atoms with Gasteiger partial charge in [0, 0.05) is 6.42 Å². The minimum absolute atomic E-state index is 0.0625. The molecule has 0 rings (SSSR count). The van der Waals surface area contributed by atoms with Crippen LogP contribution in [0, 0.1) is 0 Å². The summed E-state index contributed by atoms with van der Waals surface area (Å²) >= 11 is 0. The molecule has 0 saturated heterocycles. The zero-order valence-electron chi connectivity index (χ0n) is 55.0. The van der Waals surface area contributed by atoms with Crippen LogP contribution in [0.1, 0.15) is 335 Å². The average molecular weight is 1170 g/mol. The number of unbranched alkanes of at least 4 members (excludes halogenated alkanes) is 42. The maximum Gasteiger partial charge on any atom is 0.472 e. The molecule has 8 nitrogen and oxygen atoms in total. The Hall–Kier alpha value is -2.06. The summed E-state index contributed by atoms with van der Waals surface area (Å²) in [5, 5.41) is 14.0. The molecule has 1 amide bonds. The third-order valence-electron chi connectivity index (χ3n) is 15.9. The lowest BCUT2D eigenvalue weighted by Crippen LogP contribution is -2.45. The summed E-state index contributed by atoms with van der Waals surface area (Å²) in [5.74, 6) is -0.171. The van der Waals surface area contributed by atoms with Crippen LogP contribution >= 0.6 is 7.82 Å². The van der Waals surface area contributed by atoms with Crippen LogP contribution in [-0.2, 0) is 18.4 Å². The molecule has 9 heteroatoms. The number of hydrogen-bond donors (Lipinski definition) is 3. The highest BCUT2D eigenvalue weighted by atomic mass is 31.2. The van der Waals surface area contributed by atoms with Crippen molar-refractivity contribution in [2.45, 2.75) is 347 Å². The van der Waals surface area contributed by atoms with Crippen molar-refractivity contribution in [3.8, 4) is 0 Å². The van der Waals surface area contributed by atoms with Gasteiger partial charge in [0.1, 0.15) is 13.2 Å². The number of nitrogens with zero attached hydrogens (tertiary/aromatic N) is 1. The molecule has 3 atom stereocenters. The van der Waals surface area contributed by atoms with E-state index in [4.69, 9.17) is 9.05 Å². The van der Waals surface area contributed by atoms with Gasteiger partial charge in [-0.05, 0) is 64.2 Å². The average Bonchev–Trinajstić information content (AvgIpc) is 3.47. The van der Waals surface area contributed by atoms with Gasteiger partial charge in [0.25, 0.3) is 0 Å². The highest BCUT2D eigenvalue weighted by molar-refractivity contribution is 7.47. The third kappa shape index (κ3) is 65.5. The molecule has 3 unspecified atom stereocenters. The molecule has 480 valence electrons. The molecular weight excluding hydrogens is 1030 g/mol. The van der Waals surface area contributed by atoms with Crippen molar-refractivity contribution in [2.75, 3.05) is 40.9 Å². The van der Waals surface area contributed by atoms with Crippen LogP contribution in [-0.4, -0.2) is 73.4 Å². The normalized spacial score (nSPS) is 14.1. The molecule has 0 aliphatic rings. The molecule has 0 aliphatic carbocycles. The second-order valence-corrected chi connectivity index (χ2v) is 26.7. The van der Waals surface area contributed by atoms with Crippen LogP contribution in [0.25, 0.3) is 0 Å². The second kappa shape index (κ2) is 63.4. The van der Waals surface area contributed by atoms with Crippen molar-refractivity contribution in [1.29, 1.82) is 0 Å². The number of carbonyl (C=O) groups is 1. The van der Waals surface area contributed by atoms with E-state index in [0.29, 0.717) is 17.4 Å². The van der Waals surface area contributed by atoms with Crippen LogP contribution in [0.5, 0.6) is 0 Å². The summed E-state index contributed by atoms with van der Waals surface area (Å²) in [6.07, 6.45) is 89.1. The Morgan fingerprint density at radius 2 is 0.732 bits per heavy atom. The number of aliphatic hydroxyl groups is 1. The highest BCUT2D eigenvalue weighted by Crippen LogP contribution is 2.43. The number of nitrogens with one attached hydrogen (secondary N) is 1. The summed E-state index contributed by atoms with van der Waals surface area (Å²) < 4.78 is 23.8. The Morgan fingerprint density at radius 1 is 0.427 bits per heavy atom. The third-order valence-corrected chi connectivity index (χ3v) is 16.9. The minimum atomic E-state index is -4.35. The Kier molecular flexibility index (Phi) is 61.8. The van der Waals surface area contributed by atoms with Crippen LogP contribution < -0.4 is 5.32 Å². The molecule has 0 bridgehead atoms. The van der Waals surface area contributed by atoms with Crippen molar-refractivity contribution in [2.24, 2.45) is 0 Å². The lowest BCUT2D eigenvalue weighted by molar-refractivity contribution is -0.870. The number of quaternary nitrogens is 1. The van der Waals surface area contributed by atoms with Crippen LogP contribution in [0.2, 0.25) is 0 Å². The molecule has 0 radical (unpaired) electrons. The zero-order valence-corrected chi connectivity index (χ0v) is 55.9. The van der Waals surface area contributed by atoms with E-state index in [0.717, 1.165) is 70.6 Å². The van der Waals surface area contributed by atoms with E-state index < -0.39 is 20.0 Å². The Balaban J connectivity index is 3.92. The lowest BCUT2D eigenvalue weighted by Gasteiger charge is -2.25. The standard InChI is InChI=1S/C73H137N2O6P/c1-6-8-10-12-14-16-18-20-22-24-26-27-28-29-30-31-32-33-34-35-36-37-38-39-40-41-42-43-44-45-46-47-49-51-53-55-57-59-61-63-65-67-73(77)74-71(70-81-82(78,79)80-69-68-75(3,4)5)72(76)66-64-62-60-58-56-54-52-50-48-25-23-21-19-17-15-13-11-9-7-2/h8,10,14,16,20,22,26-27,29-30,64,66,71-72,76H,6-7,9,11-13,15,17-19,21,23-25,28,31-63,65,67-70H2,1-5H3,(H-,74,77,78,79)/p+1/b10-8-,16-14-,22-20-,27-26-,30-29-,66-64+. The molecule has 0 aliphatic heterocycles. The molecule has 3 N–H and O–H groups in total. The van der Waals surface area contributed by atoms with Crippen LogP contribution in [0.4, 0.5) is 0 Å². The number of allylic oxidation sites excluding steroid dienone is 11. The van der Waals surface area contributed by atoms with Gasteiger partial charge < -0.3 is 19.8 Å². The second-order valence-electron chi connectivity index (χ2n) is 25.2. The van der Waals surface area contributed by atoms with Gasteiger partial charge in [0.15, 0.2) is 0 Å². The van der Waals surface area contributed by atoms with E-state index in [1.54, 1.807) is 6.08 Å². The first-order chi connectivity index (χ1) is 40.0. The van der Waals surface area contributed by atoms with Crippen LogP contribution in [0.15, 0.2) is 72.9 Å². The Labute approximate surface area is 510 Å². The summed E-state index contributed by atoms with van der Waals surface area (Å²) in [6, 6.07) is -0.847.